The number of anilines is 1. The van der Waals surface area contributed by atoms with E-state index in [0.717, 1.165) is 37.1 Å². The fraction of sp³-hybridized carbons (Fsp3) is 0.278. The van der Waals surface area contributed by atoms with Gasteiger partial charge in [-0.1, -0.05) is 36.4 Å². The molecule has 0 radical (unpaired) electrons. The van der Waals surface area contributed by atoms with E-state index in [1.165, 1.54) is 6.42 Å². The Morgan fingerprint density at radius 2 is 1.62 bits per heavy atom. The van der Waals surface area contributed by atoms with E-state index in [1.54, 1.807) is 0 Å². The summed E-state index contributed by atoms with van der Waals surface area (Å²) in [6.45, 7) is 1.70. The molecule has 0 aromatic heterocycles. The van der Waals surface area contributed by atoms with Gasteiger partial charge < -0.3 is 10.6 Å². The third kappa shape index (κ3) is 2.77. The SMILES string of the molecule is Nc1cccc(C(=O)N2CCCCC2)c1-c1ccccc1. The molecule has 1 fully saturated rings. The van der Waals surface area contributed by atoms with Crippen LogP contribution >= 0.6 is 0 Å². The number of nitrogens with two attached hydrogens (primary N) is 1. The summed E-state index contributed by atoms with van der Waals surface area (Å²) in [4.78, 5) is 14.8. The molecule has 1 saturated heterocycles. The summed E-state index contributed by atoms with van der Waals surface area (Å²) in [5.74, 6) is 0.0980. The molecular formula is C18H20N2O. The highest BCUT2D eigenvalue weighted by atomic mass is 16.2. The lowest BCUT2D eigenvalue weighted by atomic mass is 9.96. The topological polar surface area (TPSA) is 46.3 Å². The van der Waals surface area contributed by atoms with Gasteiger partial charge >= 0.3 is 0 Å². The quantitative estimate of drug-likeness (QED) is 0.855. The van der Waals surface area contributed by atoms with Gasteiger partial charge in [0.2, 0.25) is 0 Å². The predicted molar refractivity (Wildman–Crippen MR) is 86.0 cm³/mol. The first kappa shape index (κ1) is 13.7. The van der Waals surface area contributed by atoms with Crippen molar-refractivity contribution in [2.45, 2.75) is 19.3 Å². The van der Waals surface area contributed by atoms with Crippen molar-refractivity contribution in [3.05, 3.63) is 54.1 Å². The number of likely N-dealkylation sites (tertiary alicyclic amines) is 1. The van der Waals surface area contributed by atoms with Crippen LogP contribution in [0.15, 0.2) is 48.5 Å². The van der Waals surface area contributed by atoms with Gasteiger partial charge in [-0.25, -0.2) is 0 Å². The zero-order chi connectivity index (χ0) is 14.7. The number of carbonyl (C=O) groups excluding carboxylic acids is 1. The van der Waals surface area contributed by atoms with E-state index in [9.17, 15) is 4.79 Å². The molecular weight excluding hydrogens is 260 g/mol. The van der Waals surface area contributed by atoms with Crippen molar-refractivity contribution in [3.8, 4) is 11.1 Å². The van der Waals surface area contributed by atoms with Crippen LogP contribution in [0.5, 0.6) is 0 Å². The Morgan fingerprint density at radius 1 is 0.905 bits per heavy atom. The third-order valence-electron chi connectivity index (χ3n) is 4.03. The molecule has 108 valence electrons. The van der Waals surface area contributed by atoms with Gasteiger partial charge in [-0.05, 0) is 37.0 Å². The smallest absolute Gasteiger partial charge is 0.254 e. The van der Waals surface area contributed by atoms with Crippen molar-refractivity contribution < 1.29 is 4.79 Å². The fourth-order valence-electron chi connectivity index (χ4n) is 2.94. The molecule has 0 saturated carbocycles. The molecule has 1 heterocycles. The number of hydrogen-bond donors (Lipinski definition) is 1. The van der Waals surface area contributed by atoms with Gasteiger partial charge in [0.1, 0.15) is 0 Å². The van der Waals surface area contributed by atoms with Gasteiger partial charge in [0.25, 0.3) is 5.91 Å². The van der Waals surface area contributed by atoms with Crippen molar-refractivity contribution in [2.24, 2.45) is 0 Å². The van der Waals surface area contributed by atoms with Crippen LogP contribution in [0.4, 0.5) is 5.69 Å². The Hall–Kier alpha value is -2.29. The lowest BCUT2D eigenvalue weighted by molar-refractivity contribution is 0.0725. The number of hydrogen-bond acceptors (Lipinski definition) is 2. The first-order valence-corrected chi connectivity index (χ1v) is 7.50. The molecule has 0 bridgehead atoms. The summed E-state index contributed by atoms with van der Waals surface area (Å²) >= 11 is 0. The van der Waals surface area contributed by atoms with Crippen LogP contribution in [0.2, 0.25) is 0 Å². The van der Waals surface area contributed by atoms with Gasteiger partial charge in [-0.3, -0.25) is 4.79 Å². The van der Waals surface area contributed by atoms with Crippen LogP contribution in [0.1, 0.15) is 29.6 Å². The molecule has 21 heavy (non-hydrogen) atoms. The van der Waals surface area contributed by atoms with Crippen molar-refractivity contribution in [1.82, 2.24) is 4.90 Å². The number of benzene rings is 2. The average Bonchev–Trinajstić information content (AvgIpc) is 2.55. The second-order valence-corrected chi connectivity index (χ2v) is 5.49. The van der Waals surface area contributed by atoms with E-state index in [4.69, 9.17) is 5.73 Å². The van der Waals surface area contributed by atoms with Crippen molar-refractivity contribution in [3.63, 3.8) is 0 Å². The minimum absolute atomic E-state index is 0.0980. The Balaban J connectivity index is 2.02. The molecule has 2 N–H and O–H groups in total. The zero-order valence-corrected chi connectivity index (χ0v) is 12.1. The van der Waals surface area contributed by atoms with Gasteiger partial charge in [0.15, 0.2) is 0 Å². The minimum atomic E-state index is 0.0980. The van der Waals surface area contributed by atoms with Gasteiger partial charge in [0.05, 0.1) is 0 Å². The largest absolute Gasteiger partial charge is 0.398 e. The average molecular weight is 280 g/mol. The number of nitrogens with zero attached hydrogens (tertiary/aromatic N) is 1. The lowest BCUT2D eigenvalue weighted by Crippen LogP contribution is -2.35. The highest BCUT2D eigenvalue weighted by Crippen LogP contribution is 2.31. The van der Waals surface area contributed by atoms with Crippen LogP contribution in [0.25, 0.3) is 11.1 Å². The van der Waals surface area contributed by atoms with Crippen LogP contribution in [0.3, 0.4) is 0 Å². The summed E-state index contributed by atoms with van der Waals surface area (Å²) in [6.07, 6.45) is 3.40. The molecule has 0 aliphatic carbocycles. The summed E-state index contributed by atoms with van der Waals surface area (Å²) in [7, 11) is 0. The number of piperidine rings is 1. The second-order valence-electron chi connectivity index (χ2n) is 5.49. The van der Waals surface area contributed by atoms with Gasteiger partial charge in [-0.2, -0.15) is 0 Å². The highest BCUT2D eigenvalue weighted by Gasteiger charge is 2.22. The molecule has 3 rings (SSSR count). The normalized spacial score (nSPS) is 15.0. The van der Waals surface area contributed by atoms with E-state index in [2.05, 4.69) is 0 Å². The van der Waals surface area contributed by atoms with Crippen LogP contribution in [-0.2, 0) is 0 Å². The van der Waals surface area contributed by atoms with E-state index >= 15 is 0 Å². The predicted octanol–water partition coefficient (Wildman–Crippen LogP) is 3.56. The molecule has 0 unspecified atom stereocenters. The Bertz CT molecular complexity index is 631. The first-order valence-electron chi connectivity index (χ1n) is 7.50. The fourth-order valence-corrected chi connectivity index (χ4v) is 2.94. The molecule has 1 amide bonds. The van der Waals surface area contributed by atoms with E-state index in [0.29, 0.717) is 11.3 Å². The number of nitrogen functional groups attached to an aromatic ring is 1. The Kier molecular flexibility index (Phi) is 3.91. The maximum absolute atomic E-state index is 12.8. The van der Waals surface area contributed by atoms with E-state index < -0.39 is 0 Å². The Morgan fingerprint density at radius 3 is 2.33 bits per heavy atom. The lowest BCUT2D eigenvalue weighted by Gasteiger charge is -2.27. The maximum Gasteiger partial charge on any atom is 0.254 e. The van der Waals surface area contributed by atoms with Crippen LogP contribution in [-0.4, -0.2) is 23.9 Å². The molecule has 1 aliphatic heterocycles. The van der Waals surface area contributed by atoms with Crippen LogP contribution < -0.4 is 5.73 Å². The molecule has 2 aromatic rings. The molecule has 3 nitrogen and oxygen atoms in total. The van der Waals surface area contributed by atoms with Gasteiger partial charge in [-0.15, -0.1) is 0 Å². The number of amides is 1. The third-order valence-corrected chi connectivity index (χ3v) is 4.03. The summed E-state index contributed by atoms with van der Waals surface area (Å²) in [5.41, 5.74) is 9.37. The molecule has 2 aromatic carbocycles. The summed E-state index contributed by atoms with van der Waals surface area (Å²) in [5, 5.41) is 0. The Labute approximate surface area is 125 Å². The van der Waals surface area contributed by atoms with Gasteiger partial charge in [0, 0.05) is 29.9 Å². The minimum Gasteiger partial charge on any atom is -0.398 e. The number of carbonyl (C=O) groups is 1. The van der Waals surface area contributed by atoms with Crippen molar-refractivity contribution >= 4 is 11.6 Å². The monoisotopic (exact) mass is 280 g/mol. The van der Waals surface area contributed by atoms with Crippen molar-refractivity contribution in [2.75, 3.05) is 18.8 Å². The van der Waals surface area contributed by atoms with Crippen LogP contribution in [0, 0.1) is 0 Å². The second kappa shape index (κ2) is 6.00. The zero-order valence-electron chi connectivity index (χ0n) is 12.1. The first-order chi connectivity index (χ1) is 10.3. The summed E-state index contributed by atoms with van der Waals surface area (Å²) in [6, 6.07) is 15.5. The molecule has 3 heteroatoms. The van der Waals surface area contributed by atoms with Crippen molar-refractivity contribution in [1.29, 1.82) is 0 Å². The van der Waals surface area contributed by atoms with E-state index in [-0.39, 0.29) is 5.91 Å². The maximum atomic E-state index is 12.8. The molecule has 1 aliphatic rings. The standard InChI is InChI=1S/C18H20N2O/c19-16-11-7-10-15(17(16)14-8-3-1-4-9-14)18(21)20-12-5-2-6-13-20/h1,3-4,7-11H,2,5-6,12-13,19H2. The summed E-state index contributed by atoms with van der Waals surface area (Å²) < 4.78 is 0. The molecule has 0 spiro atoms. The van der Waals surface area contributed by atoms with E-state index in [1.807, 2.05) is 53.4 Å². The number of rotatable bonds is 2. The highest BCUT2D eigenvalue weighted by molar-refractivity contribution is 6.03. The molecule has 0 atom stereocenters.